The van der Waals surface area contributed by atoms with Crippen molar-refractivity contribution in [2.45, 2.75) is 70.6 Å². The number of ether oxygens (including phenoxy) is 3. The second-order valence-corrected chi connectivity index (χ2v) is 7.32. The molecule has 1 heterocycles. The molecular weight excluding hydrogens is 374 g/mol. The van der Waals surface area contributed by atoms with Gasteiger partial charge in [0.05, 0.1) is 12.2 Å². The van der Waals surface area contributed by atoms with Crippen molar-refractivity contribution in [3.05, 3.63) is 23.8 Å². The molecule has 1 aliphatic rings. The van der Waals surface area contributed by atoms with Crippen LogP contribution in [0.3, 0.4) is 0 Å². The molecule has 2 N–H and O–H groups in total. The van der Waals surface area contributed by atoms with Gasteiger partial charge in [-0.05, 0) is 31.0 Å². The van der Waals surface area contributed by atoms with Gasteiger partial charge in [-0.25, -0.2) is 9.59 Å². The van der Waals surface area contributed by atoms with Crippen LogP contribution in [0.15, 0.2) is 18.2 Å². The van der Waals surface area contributed by atoms with Crippen LogP contribution < -0.4 is 14.8 Å². The molecule has 29 heavy (non-hydrogen) atoms. The Morgan fingerprint density at radius 2 is 1.45 bits per heavy atom. The summed E-state index contributed by atoms with van der Waals surface area (Å²) in [6.45, 7) is 1.20. The first-order valence-corrected chi connectivity index (χ1v) is 10.7. The molecule has 0 atom stereocenters. The van der Waals surface area contributed by atoms with Crippen LogP contribution in [0.25, 0.3) is 0 Å². The predicted octanol–water partition coefficient (Wildman–Crippen LogP) is 5.13. The van der Waals surface area contributed by atoms with Crippen LogP contribution in [-0.2, 0) is 4.74 Å². The van der Waals surface area contributed by atoms with Gasteiger partial charge in [0.2, 0.25) is 6.79 Å². The molecule has 2 rings (SSSR count). The zero-order valence-corrected chi connectivity index (χ0v) is 17.1. The summed E-state index contributed by atoms with van der Waals surface area (Å²) < 4.78 is 15.8. The average molecular weight is 408 g/mol. The molecule has 162 valence electrons. The van der Waals surface area contributed by atoms with Gasteiger partial charge in [-0.15, -0.1) is 0 Å². The van der Waals surface area contributed by atoms with Crippen LogP contribution in [0.1, 0.15) is 81.0 Å². The molecule has 1 aromatic rings. The molecule has 7 nitrogen and oxygen atoms in total. The number of hydrogen-bond donors (Lipinski definition) is 2. The third-order valence-corrected chi connectivity index (χ3v) is 4.94. The van der Waals surface area contributed by atoms with E-state index in [0.717, 1.165) is 25.7 Å². The smallest absolute Gasteiger partial charge is 0.404 e. The number of rotatable bonds is 15. The molecule has 0 fully saturated rings. The molecule has 0 spiro atoms. The van der Waals surface area contributed by atoms with E-state index in [1.807, 2.05) is 0 Å². The maximum atomic E-state index is 12.0. The minimum Gasteiger partial charge on any atom is -0.465 e. The molecule has 0 saturated heterocycles. The summed E-state index contributed by atoms with van der Waals surface area (Å²) in [6, 6.07) is 5.09. The first-order valence-electron chi connectivity index (χ1n) is 10.7. The molecule has 0 bridgehead atoms. The van der Waals surface area contributed by atoms with E-state index in [2.05, 4.69) is 5.32 Å². The summed E-state index contributed by atoms with van der Waals surface area (Å²) in [7, 11) is 0. The highest BCUT2D eigenvalue weighted by Gasteiger charge is 2.16. The monoisotopic (exact) mass is 407 g/mol. The van der Waals surface area contributed by atoms with E-state index in [1.165, 1.54) is 44.9 Å². The molecule has 0 saturated carbocycles. The van der Waals surface area contributed by atoms with Crippen LogP contribution in [0, 0.1) is 0 Å². The summed E-state index contributed by atoms with van der Waals surface area (Å²) >= 11 is 0. The maximum Gasteiger partial charge on any atom is 0.404 e. The summed E-state index contributed by atoms with van der Waals surface area (Å²) in [6.07, 6.45) is 11.6. The molecule has 1 amide bonds. The number of amides is 1. The first kappa shape index (κ1) is 22.8. The van der Waals surface area contributed by atoms with Gasteiger partial charge in [0.25, 0.3) is 0 Å². The Morgan fingerprint density at radius 3 is 2.10 bits per heavy atom. The second kappa shape index (κ2) is 13.7. The quantitative estimate of drug-likeness (QED) is 0.309. The number of esters is 1. The van der Waals surface area contributed by atoms with E-state index in [9.17, 15) is 9.59 Å². The number of fused-ring (bicyclic) bond motifs is 1. The predicted molar refractivity (Wildman–Crippen MR) is 110 cm³/mol. The Bertz CT molecular complexity index is 634. The summed E-state index contributed by atoms with van der Waals surface area (Å²) in [5.74, 6) is 0.936. The summed E-state index contributed by atoms with van der Waals surface area (Å²) in [5.41, 5.74) is 0.493. The van der Waals surface area contributed by atoms with E-state index in [1.54, 1.807) is 18.2 Å². The van der Waals surface area contributed by atoms with Gasteiger partial charge < -0.3 is 24.6 Å². The molecule has 0 unspecified atom stereocenters. The van der Waals surface area contributed by atoms with Gasteiger partial charge in [0.1, 0.15) is 0 Å². The lowest BCUT2D eigenvalue weighted by molar-refractivity contribution is 0.0497. The lowest BCUT2D eigenvalue weighted by Gasteiger charge is -2.06. The second-order valence-electron chi connectivity index (χ2n) is 7.32. The van der Waals surface area contributed by atoms with E-state index in [0.29, 0.717) is 30.2 Å². The number of unbranched alkanes of at least 4 members (excludes halogenated alkanes) is 10. The van der Waals surface area contributed by atoms with Crippen molar-refractivity contribution < 1.29 is 28.9 Å². The zero-order chi connectivity index (χ0) is 20.7. The number of carbonyl (C=O) groups excluding carboxylic acids is 1. The fraction of sp³-hybridized carbons (Fsp3) is 0.636. The van der Waals surface area contributed by atoms with Gasteiger partial charge in [-0.3, -0.25) is 0 Å². The van der Waals surface area contributed by atoms with E-state index in [-0.39, 0.29) is 12.8 Å². The minimum absolute atomic E-state index is 0.195. The molecule has 1 aliphatic heterocycles. The molecule has 1 aromatic carbocycles. The highest BCUT2D eigenvalue weighted by atomic mass is 16.7. The van der Waals surface area contributed by atoms with Crippen molar-refractivity contribution in [3.8, 4) is 11.5 Å². The fourth-order valence-electron chi connectivity index (χ4n) is 3.29. The van der Waals surface area contributed by atoms with Crippen molar-refractivity contribution >= 4 is 12.1 Å². The van der Waals surface area contributed by atoms with Crippen molar-refractivity contribution in [2.75, 3.05) is 19.9 Å². The topological polar surface area (TPSA) is 94.1 Å². The van der Waals surface area contributed by atoms with Gasteiger partial charge in [-0.1, -0.05) is 57.8 Å². The van der Waals surface area contributed by atoms with Crippen molar-refractivity contribution in [2.24, 2.45) is 0 Å². The third-order valence-electron chi connectivity index (χ3n) is 4.94. The summed E-state index contributed by atoms with van der Waals surface area (Å²) in [4.78, 5) is 22.3. The molecular formula is C22H33NO6. The Hall–Kier alpha value is -2.44. The number of nitrogens with one attached hydrogen (secondary N) is 1. The van der Waals surface area contributed by atoms with Crippen LogP contribution in [0.2, 0.25) is 0 Å². The van der Waals surface area contributed by atoms with Crippen LogP contribution in [-0.4, -0.2) is 37.1 Å². The number of carbonyl (C=O) groups is 2. The Labute approximate surface area is 172 Å². The minimum atomic E-state index is -0.937. The van der Waals surface area contributed by atoms with Crippen molar-refractivity contribution in [3.63, 3.8) is 0 Å². The molecule has 7 heteroatoms. The Balaban J connectivity index is 1.36. The van der Waals surface area contributed by atoms with E-state index < -0.39 is 6.09 Å². The highest BCUT2D eigenvalue weighted by Crippen LogP contribution is 2.32. The summed E-state index contributed by atoms with van der Waals surface area (Å²) in [5, 5.41) is 10.9. The lowest BCUT2D eigenvalue weighted by Crippen LogP contribution is -2.21. The lowest BCUT2D eigenvalue weighted by atomic mass is 10.1. The van der Waals surface area contributed by atoms with Gasteiger partial charge >= 0.3 is 12.1 Å². The Morgan fingerprint density at radius 1 is 0.862 bits per heavy atom. The van der Waals surface area contributed by atoms with Crippen LogP contribution in [0.5, 0.6) is 11.5 Å². The molecule has 0 radical (unpaired) electrons. The SMILES string of the molecule is O=C(O)NCCCCCCCCCCCCCOC(=O)c1ccc2c(c1)OCO2. The maximum absolute atomic E-state index is 12.0. The zero-order valence-electron chi connectivity index (χ0n) is 17.1. The third kappa shape index (κ3) is 9.54. The van der Waals surface area contributed by atoms with Gasteiger partial charge in [0.15, 0.2) is 11.5 Å². The highest BCUT2D eigenvalue weighted by molar-refractivity contribution is 5.90. The fourth-order valence-corrected chi connectivity index (χ4v) is 3.29. The van der Waals surface area contributed by atoms with Gasteiger partial charge in [0, 0.05) is 6.54 Å². The van der Waals surface area contributed by atoms with Crippen LogP contribution >= 0.6 is 0 Å². The first-order chi connectivity index (χ1) is 14.2. The molecule has 0 aliphatic carbocycles. The van der Waals surface area contributed by atoms with E-state index in [4.69, 9.17) is 19.3 Å². The normalized spacial score (nSPS) is 12.0. The average Bonchev–Trinajstić information content (AvgIpc) is 3.18. The van der Waals surface area contributed by atoms with Gasteiger partial charge in [-0.2, -0.15) is 0 Å². The number of hydrogen-bond acceptors (Lipinski definition) is 5. The Kier molecular flexibility index (Phi) is 10.8. The van der Waals surface area contributed by atoms with Crippen molar-refractivity contribution in [1.29, 1.82) is 0 Å². The standard InChI is InChI=1S/C22H33NO6/c24-21(18-12-13-19-20(16-18)29-17-28-19)27-15-11-9-7-5-3-1-2-4-6-8-10-14-23-22(25)26/h12-13,16,23H,1-11,14-15,17H2,(H,25,26). The largest absolute Gasteiger partial charge is 0.465 e. The van der Waals surface area contributed by atoms with Crippen LogP contribution in [0.4, 0.5) is 4.79 Å². The number of carboxylic acid groups (broad SMARTS) is 1. The van der Waals surface area contributed by atoms with E-state index >= 15 is 0 Å². The van der Waals surface area contributed by atoms with Crippen molar-refractivity contribution in [1.82, 2.24) is 5.32 Å². The number of benzene rings is 1. The molecule has 0 aromatic heterocycles.